The number of hydrogen-bond donors (Lipinski definition) is 2. The second-order valence-corrected chi connectivity index (χ2v) is 6.30. The van der Waals surface area contributed by atoms with Crippen molar-refractivity contribution in [2.45, 2.75) is 6.42 Å². The fraction of sp³-hybridized carbons (Fsp3) is 0.190. The first kappa shape index (κ1) is 18.4. The molecule has 0 fully saturated rings. The quantitative estimate of drug-likeness (QED) is 0.674. The minimum absolute atomic E-state index is 0.178. The van der Waals surface area contributed by atoms with Gasteiger partial charge in [0.05, 0.1) is 5.56 Å². The van der Waals surface area contributed by atoms with Crippen LogP contribution in [-0.2, 0) is 6.42 Å². The van der Waals surface area contributed by atoms with Crippen LogP contribution in [0.3, 0.4) is 0 Å². The average Bonchev–Trinajstić information content (AvgIpc) is 2.70. The standard InChI is InChI=1S/C21H23N5O/c1-26(2)20-19(7-5-14-24-20)21(27)25-18-10-8-17(9-11-18)23-15-12-16-6-3-4-13-22-16/h3-11,13-14,23H,12,15H2,1-2H3,(H,25,27). The van der Waals surface area contributed by atoms with Gasteiger partial charge in [0.25, 0.3) is 5.91 Å². The number of carbonyl (C=O) groups is 1. The van der Waals surface area contributed by atoms with E-state index in [-0.39, 0.29) is 5.91 Å². The first-order valence-corrected chi connectivity index (χ1v) is 8.81. The Morgan fingerprint density at radius 1 is 0.926 bits per heavy atom. The van der Waals surface area contributed by atoms with E-state index in [2.05, 4.69) is 20.6 Å². The number of anilines is 3. The Labute approximate surface area is 159 Å². The molecule has 0 bridgehead atoms. The Kier molecular flexibility index (Phi) is 5.99. The molecular formula is C21H23N5O. The fourth-order valence-corrected chi connectivity index (χ4v) is 2.68. The average molecular weight is 361 g/mol. The summed E-state index contributed by atoms with van der Waals surface area (Å²) in [5, 5.41) is 6.28. The topological polar surface area (TPSA) is 70.2 Å². The van der Waals surface area contributed by atoms with Crippen molar-refractivity contribution in [1.82, 2.24) is 9.97 Å². The van der Waals surface area contributed by atoms with E-state index in [0.717, 1.165) is 30.0 Å². The highest BCUT2D eigenvalue weighted by Gasteiger charge is 2.13. The van der Waals surface area contributed by atoms with Gasteiger partial charge < -0.3 is 15.5 Å². The molecule has 6 heteroatoms. The minimum Gasteiger partial charge on any atom is -0.385 e. The van der Waals surface area contributed by atoms with Crippen LogP contribution in [0.15, 0.2) is 67.0 Å². The molecule has 0 aliphatic heterocycles. The summed E-state index contributed by atoms with van der Waals surface area (Å²) in [6.07, 6.45) is 4.34. The number of amides is 1. The first-order valence-electron chi connectivity index (χ1n) is 8.81. The lowest BCUT2D eigenvalue weighted by atomic mass is 10.2. The summed E-state index contributed by atoms with van der Waals surface area (Å²) < 4.78 is 0. The van der Waals surface area contributed by atoms with Crippen molar-refractivity contribution in [2.24, 2.45) is 0 Å². The number of nitrogens with one attached hydrogen (secondary N) is 2. The van der Waals surface area contributed by atoms with Crippen molar-refractivity contribution in [3.63, 3.8) is 0 Å². The Morgan fingerprint density at radius 2 is 1.67 bits per heavy atom. The highest BCUT2D eigenvalue weighted by molar-refractivity contribution is 6.07. The van der Waals surface area contributed by atoms with E-state index >= 15 is 0 Å². The van der Waals surface area contributed by atoms with Crippen LogP contribution < -0.4 is 15.5 Å². The van der Waals surface area contributed by atoms with Crippen molar-refractivity contribution in [3.8, 4) is 0 Å². The van der Waals surface area contributed by atoms with Gasteiger partial charge in [-0.1, -0.05) is 6.07 Å². The molecule has 0 atom stereocenters. The maximum Gasteiger partial charge on any atom is 0.259 e. The third kappa shape index (κ3) is 5.04. The monoisotopic (exact) mass is 361 g/mol. The molecule has 0 saturated heterocycles. The predicted molar refractivity (Wildman–Crippen MR) is 109 cm³/mol. The van der Waals surface area contributed by atoms with Gasteiger partial charge in [-0.05, 0) is 48.5 Å². The third-order valence-electron chi connectivity index (χ3n) is 4.03. The summed E-state index contributed by atoms with van der Waals surface area (Å²) in [5.41, 5.74) is 3.34. The zero-order valence-corrected chi connectivity index (χ0v) is 15.5. The van der Waals surface area contributed by atoms with Gasteiger partial charge in [-0.3, -0.25) is 9.78 Å². The van der Waals surface area contributed by atoms with Gasteiger partial charge in [0.1, 0.15) is 5.82 Å². The molecule has 6 nitrogen and oxygen atoms in total. The molecule has 1 amide bonds. The van der Waals surface area contributed by atoms with Gasteiger partial charge in [-0.25, -0.2) is 4.98 Å². The highest BCUT2D eigenvalue weighted by atomic mass is 16.1. The van der Waals surface area contributed by atoms with Gasteiger partial charge >= 0.3 is 0 Å². The number of hydrogen-bond acceptors (Lipinski definition) is 5. The Bertz CT molecular complexity index is 879. The van der Waals surface area contributed by atoms with Crippen molar-refractivity contribution < 1.29 is 4.79 Å². The Morgan fingerprint density at radius 3 is 2.37 bits per heavy atom. The van der Waals surface area contributed by atoms with E-state index in [1.807, 2.05) is 61.5 Å². The zero-order chi connectivity index (χ0) is 19.1. The largest absolute Gasteiger partial charge is 0.385 e. The maximum absolute atomic E-state index is 12.6. The molecule has 0 aliphatic rings. The molecule has 0 saturated carbocycles. The van der Waals surface area contributed by atoms with Crippen LogP contribution in [0, 0.1) is 0 Å². The lowest BCUT2D eigenvalue weighted by Crippen LogP contribution is -2.19. The second kappa shape index (κ2) is 8.80. The van der Waals surface area contributed by atoms with E-state index in [1.54, 1.807) is 24.5 Å². The second-order valence-electron chi connectivity index (χ2n) is 6.30. The number of nitrogens with zero attached hydrogens (tertiary/aromatic N) is 3. The van der Waals surface area contributed by atoms with E-state index in [4.69, 9.17) is 0 Å². The molecule has 2 N–H and O–H groups in total. The van der Waals surface area contributed by atoms with E-state index in [1.165, 1.54) is 0 Å². The van der Waals surface area contributed by atoms with E-state index < -0.39 is 0 Å². The van der Waals surface area contributed by atoms with Gasteiger partial charge in [0.15, 0.2) is 0 Å². The van der Waals surface area contributed by atoms with Crippen molar-refractivity contribution in [3.05, 3.63) is 78.2 Å². The molecule has 2 heterocycles. The van der Waals surface area contributed by atoms with Crippen molar-refractivity contribution >= 4 is 23.1 Å². The zero-order valence-electron chi connectivity index (χ0n) is 15.5. The molecule has 3 rings (SSSR count). The number of aromatic nitrogens is 2. The predicted octanol–water partition coefficient (Wildman–Crippen LogP) is 3.45. The van der Waals surface area contributed by atoms with E-state index in [0.29, 0.717) is 11.4 Å². The van der Waals surface area contributed by atoms with Crippen LogP contribution in [0.1, 0.15) is 16.1 Å². The normalized spacial score (nSPS) is 10.3. The number of benzene rings is 1. The summed E-state index contributed by atoms with van der Waals surface area (Å²) in [6, 6.07) is 17.1. The van der Waals surface area contributed by atoms with Crippen LogP contribution >= 0.6 is 0 Å². The lowest BCUT2D eigenvalue weighted by Gasteiger charge is -2.15. The van der Waals surface area contributed by atoms with Crippen LogP contribution in [0.2, 0.25) is 0 Å². The number of rotatable bonds is 7. The smallest absolute Gasteiger partial charge is 0.259 e. The minimum atomic E-state index is -0.178. The molecule has 1 aromatic carbocycles. The molecule has 0 radical (unpaired) electrons. The fourth-order valence-electron chi connectivity index (χ4n) is 2.68. The van der Waals surface area contributed by atoms with Gasteiger partial charge in [-0.2, -0.15) is 0 Å². The van der Waals surface area contributed by atoms with Crippen molar-refractivity contribution in [1.29, 1.82) is 0 Å². The maximum atomic E-state index is 12.6. The number of carbonyl (C=O) groups excluding carboxylic acids is 1. The van der Waals surface area contributed by atoms with Crippen LogP contribution in [0.25, 0.3) is 0 Å². The summed E-state index contributed by atoms with van der Waals surface area (Å²) in [5.74, 6) is 0.463. The summed E-state index contributed by atoms with van der Waals surface area (Å²) in [4.78, 5) is 22.9. The molecule has 0 unspecified atom stereocenters. The third-order valence-corrected chi connectivity index (χ3v) is 4.03. The van der Waals surface area contributed by atoms with Gasteiger partial charge in [0.2, 0.25) is 0 Å². The van der Waals surface area contributed by atoms with Gasteiger partial charge in [0, 0.05) is 56.5 Å². The molecular weight excluding hydrogens is 338 g/mol. The highest BCUT2D eigenvalue weighted by Crippen LogP contribution is 2.18. The van der Waals surface area contributed by atoms with Crippen LogP contribution in [-0.4, -0.2) is 36.5 Å². The Hall–Kier alpha value is -3.41. The molecule has 0 aliphatic carbocycles. The SMILES string of the molecule is CN(C)c1ncccc1C(=O)Nc1ccc(NCCc2ccccn2)cc1. The van der Waals surface area contributed by atoms with Crippen molar-refractivity contribution in [2.75, 3.05) is 36.2 Å². The molecule has 2 aromatic heterocycles. The van der Waals surface area contributed by atoms with Crippen LogP contribution in [0.4, 0.5) is 17.2 Å². The molecule has 0 spiro atoms. The molecule has 27 heavy (non-hydrogen) atoms. The summed E-state index contributed by atoms with van der Waals surface area (Å²) >= 11 is 0. The number of pyridine rings is 2. The van der Waals surface area contributed by atoms with Crippen LogP contribution in [0.5, 0.6) is 0 Å². The summed E-state index contributed by atoms with van der Waals surface area (Å²) in [7, 11) is 3.73. The molecule has 138 valence electrons. The lowest BCUT2D eigenvalue weighted by molar-refractivity contribution is 0.102. The summed E-state index contributed by atoms with van der Waals surface area (Å²) in [6.45, 7) is 0.796. The Balaban J connectivity index is 1.57. The van der Waals surface area contributed by atoms with Gasteiger partial charge in [-0.15, -0.1) is 0 Å². The first-order chi connectivity index (χ1) is 13.1. The van der Waals surface area contributed by atoms with E-state index in [9.17, 15) is 4.79 Å². The molecule has 3 aromatic rings.